The van der Waals surface area contributed by atoms with Crippen molar-refractivity contribution in [2.45, 2.75) is 16.0 Å². The zero-order valence-corrected chi connectivity index (χ0v) is 11.2. The van der Waals surface area contributed by atoms with Crippen LogP contribution < -0.4 is 0 Å². The van der Waals surface area contributed by atoms with Gasteiger partial charge in [0.05, 0.1) is 26.8 Å². The molecule has 0 aliphatic heterocycles. The van der Waals surface area contributed by atoms with Crippen molar-refractivity contribution in [3.05, 3.63) is 59.7 Å². The number of halogens is 3. The van der Waals surface area contributed by atoms with Crippen LogP contribution in [0.1, 0.15) is 15.9 Å². The second-order valence-corrected chi connectivity index (χ2v) is 5.54. The van der Waals surface area contributed by atoms with Crippen LogP contribution in [0.25, 0.3) is 0 Å². The minimum Gasteiger partial charge on any atom is -0.478 e. The van der Waals surface area contributed by atoms with Crippen LogP contribution in [0, 0.1) is 0 Å². The van der Waals surface area contributed by atoms with E-state index in [4.69, 9.17) is 5.11 Å². The molecule has 2 aromatic carbocycles. The summed E-state index contributed by atoms with van der Waals surface area (Å²) in [5, 5.41) is 9.03. The van der Waals surface area contributed by atoms with E-state index < -0.39 is 28.5 Å². The zero-order chi connectivity index (χ0) is 15.6. The highest BCUT2D eigenvalue weighted by Crippen LogP contribution is 2.31. The van der Waals surface area contributed by atoms with Crippen molar-refractivity contribution >= 4 is 16.8 Å². The largest absolute Gasteiger partial charge is 0.478 e. The molecule has 0 aromatic heterocycles. The molecule has 0 saturated heterocycles. The Bertz CT molecular complexity index is 711. The van der Waals surface area contributed by atoms with Gasteiger partial charge in [-0.25, -0.2) is 9.00 Å². The van der Waals surface area contributed by atoms with E-state index in [2.05, 4.69) is 0 Å². The molecule has 7 heteroatoms. The Kier molecular flexibility index (Phi) is 4.13. The Hall–Kier alpha value is -2.15. The summed E-state index contributed by atoms with van der Waals surface area (Å²) in [5.41, 5.74) is -1.13. The molecular formula is C14H9F3O3S. The summed E-state index contributed by atoms with van der Waals surface area (Å²) < 4.78 is 50.3. The van der Waals surface area contributed by atoms with Gasteiger partial charge in [0.15, 0.2) is 0 Å². The highest BCUT2D eigenvalue weighted by atomic mass is 32.2. The topological polar surface area (TPSA) is 54.4 Å². The summed E-state index contributed by atoms with van der Waals surface area (Å²) in [4.78, 5) is 10.9. The molecule has 21 heavy (non-hydrogen) atoms. The predicted octanol–water partition coefficient (Wildman–Crippen LogP) is 3.57. The molecule has 1 atom stereocenters. The van der Waals surface area contributed by atoms with Gasteiger partial charge in [-0.15, -0.1) is 0 Å². The van der Waals surface area contributed by atoms with E-state index in [0.29, 0.717) is 0 Å². The zero-order valence-electron chi connectivity index (χ0n) is 10.4. The van der Waals surface area contributed by atoms with E-state index in [-0.39, 0.29) is 15.4 Å². The molecule has 0 aliphatic carbocycles. The van der Waals surface area contributed by atoms with Crippen LogP contribution in [-0.4, -0.2) is 15.3 Å². The summed E-state index contributed by atoms with van der Waals surface area (Å²) in [6.45, 7) is 0. The Morgan fingerprint density at radius 2 is 1.71 bits per heavy atom. The van der Waals surface area contributed by atoms with Crippen LogP contribution in [0.15, 0.2) is 58.3 Å². The van der Waals surface area contributed by atoms with E-state index in [9.17, 15) is 22.2 Å². The molecule has 0 spiro atoms. The molecule has 0 heterocycles. The number of hydrogen-bond acceptors (Lipinski definition) is 2. The lowest BCUT2D eigenvalue weighted by Gasteiger charge is -2.09. The second-order valence-electron chi connectivity index (χ2n) is 4.10. The minimum atomic E-state index is -4.55. The van der Waals surface area contributed by atoms with Crippen LogP contribution in [0.3, 0.4) is 0 Å². The predicted molar refractivity (Wildman–Crippen MR) is 69.5 cm³/mol. The summed E-state index contributed by atoms with van der Waals surface area (Å²) >= 11 is 0. The Balaban J connectivity index is 2.49. The fraction of sp³-hybridized carbons (Fsp3) is 0.0714. The van der Waals surface area contributed by atoms with Gasteiger partial charge in [-0.3, -0.25) is 0 Å². The monoisotopic (exact) mass is 314 g/mol. The van der Waals surface area contributed by atoms with E-state index in [1.807, 2.05) is 0 Å². The first-order valence-electron chi connectivity index (χ1n) is 5.72. The van der Waals surface area contributed by atoms with Crippen molar-refractivity contribution in [3.8, 4) is 0 Å². The summed E-state index contributed by atoms with van der Waals surface area (Å²) in [6, 6.07) is 9.54. The van der Waals surface area contributed by atoms with Crippen molar-refractivity contribution in [1.29, 1.82) is 0 Å². The number of carboxylic acid groups (broad SMARTS) is 1. The van der Waals surface area contributed by atoms with Gasteiger partial charge in [-0.05, 0) is 30.3 Å². The maximum Gasteiger partial charge on any atom is 0.416 e. The first-order valence-corrected chi connectivity index (χ1v) is 6.87. The van der Waals surface area contributed by atoms with Crippen molar-refractivity contribution in [3.63, 3.8) is 0 Å². The van der Waals surface area contributed by atoms with Gasteiger partial charge < -0.3 is 5.11 Å². The normalized spacial score (nSPS) is 12.9. The third-order valence-electron chi connectivity index (χ3n) is 2.69. The summed E-state index contributed by atoms with van der Waals surface area (Å²) in [6.07, 6.45) is -4.55. The lowest BCUT2D eigenvalue weighted by Crippen LogP contribution is -2.07. The summed E-state index contributed by atoms with van der Waals surface area (Å²) in [5.74, 6) is -1.29. The van der Waals surface area contributed by atoms with Crippen LogP contribution in [-0.2, 0) is 17.0 Å². The molecule has 110 valence electrons. The SMILES string of the molecule is O=C(O)c1ccccc1[S@](=O)c1cccc(C(F)(F)F)c1. The van der Waals surface area contributed by atoms with E-state index >= 15 is 0 Å². The van der Waals surface area contributed by atoms with Crippen LogP contribution in [0.5, 0.6) is 0 Å². The molecule has 1 N–H and O–H groups in total. The second kappa shape index (κ2) is 5.69. The third kappa shape index (κ3) is 3.30. The lowest BCUT2D eigenvalue weighted by atomic mass is 10.2. The Morgan fingerprint density at radius 1 is 1.05 bits per heavy atom. The molecule has 0 fully saturated rings. The van der Waals surface area contributed by atoms with Gasteiger partial charge in [0.2, 0.25) is 0 Å². The molecule has 2 rings (SSSR count). The molecular weight excluding hydrogens is 305 g/mol. The summed E-state index contributed by atoms with van der Waals surface area (Å²) in [7, 11) is -2.00. The van der Waals surface area contributed by atoms with Crippen LogP contribution in [0.2, 0.25) is 0 Å². The van der Waals surface area contributed by atoms with Crippen LogP contribution in [0.4, 0.5) is 13.2 Å². The Labute approximate surface area is 120 Å². The van der Waals surface area contributed by atoms with E-state index in [1.165, 1.54) is 30.3 Å². The molecule has 2 aromatic rings. The maximum absolute atomic E-state index is 12.6. The molecule has 0 bridgehead atoms. The molecule has 0 saturated carbocycles. The Morgan fingerprint density at radius 3 is 2.33 bits per heavy atom. The van der Waals surface area contributed by atoms with Gasteiger partial charge in [0.1, 0.15) is 0 Å². The van der Waals surface area contributed by atoms with Crippen LogP contribution >= 0.6 is 0 Å². The van der Waals surface area contributed by atoms with Crippen molar-refractivity contribution in [2.24, 2.45) is 0 Å². The average Bonchev–Trinajstić information content (AvgIpc) is 2.45. The fourth-order valence-electron chi connectivity index (χ4n) is 1.72. The molecule has 0 radical (unpaired) electrons. The molecule has 0 aliphatic rings. The first kappa shape index (κ1) is 15.2. The van der Waals surface area contributed by atoms with E-state index in [0.717, 1.165) is 18.2 Å². The number of carboxylic acids is 1. The number of alkyl halides is 3. The van der Waals surface area contributed by atoms with E-state index in [1.54, 1.807) is 0 Å². The number of rotatable bonds is 3. The number of hydrogen-bond donors (Lipinski definition) is 1. The number of benzene rings is 2. The number of carbonyl (C=O) groups is 1. The van der Waals surface area contributed by atoms with Crippen molar-refractivity contribution < 1.29 is 27.3 Å². The van der Waals surface area contributed by atoms with Gasteiger partial charge >= 0.3 is 12.1 Å². The molecule has 0 amide bonds. The van der Waals surface area contributed by atoms with Crippen molar-refractivity contribution in [2.75, 3.05) is 0 Å². The number of aromatic carboxylic acids is 1. The standard InChI is InChI=1S/C14H9F3O3S/c15-14(16,17)9-4-3-5-10(8-9)21(20)12-7-2-1-6-11(12)13(18)19/h1-8H,(H,18,19)/t21-/m1/s1. The van der Waals surface area contributed by atoms with Gasteiger partial charge in [-0.2, -0.15) is 13.2 Å². The smallest absolute Gasteiger partial charge is 0.416 e. The maximum atomic E-state index is 12.6. The van der Waals surface area contributed by atoms with Crippen molar-refractivity contribution in [1.82, 2.24) is 0 Å². The van der Waals surface area contributed by atoms with Gasteiger partial charge in [0.25, 0.3) is 0 Å². The fourth-order valence-corrected chi connectivity index (χ4v) is 2.97. The van der Waals surface area contributed by atoms with Gasteiger partial charge in [-0.1, -0.05) is 18.2 Å². The first-order chi connectivity index (χ1) is 9.80. The lowest BCUT2D eigenvalue weighted by molar-refractivity contribution is -0.137. The molecule has 0 unspecified atom stereocenters. The third-order valence-corrected chi connectivity index (χ3v) is 4.13. The minimum absolute atomic E-state index is 0.0377. The average molecular weight is 314 g/mol. The quantitative estimate of drug-likeness (QED) is 0.942. The highest BCUT2D eigenvalue weighted by Gasteiger charge is 2.31. The van der Waals surface area contributed by atoms with Gasteiger partial charge in [0, 0.05) is 4.90 Å². The molecule has 3 nitrogen and oxygen atoms in total. The highest BCUT2D eigenvalue weighted by molar-refractivity contribution is 7.85.